The van der Waals surface area contributed by atoms with Crippen molar-refractivity contribution in [1.29, 1.82) is 0 Å². The van der Waals surface area contributed by atoms with Gasteiger partial charge in [0.05, 0.1) is 0 Å². The lowest BCUT2D eigenvalue weighted by Gasteiger charge is -2.06. The molecule has 16 heavy (non-hydrogen) atoms. The van der Waals surface area contributed by atoms with E-state index in [2.05, 4.69) is 28.6 Å². The van der Waals surface area contributed by atoms with E-state index >= 15 is 0 Å². The summed E-state index contributed by atoms with van der Waals surface area (Å²) in [5.41, 5.74) is 7.02. The maximum atomic E-state index is 5.97. The Balaban J connectivity index is 2.42. The molecule has 2 nitrogen and oxygen atoms in total. The second-order valence-corrected chi connectivity index (χ2v) is 4.53. The van der Waals surface area contributed by atoms with Crippen molar-refractivity contribution < 1.29 is 0 Å². The van der Waals surface area contributed by atoms with Crippen LogP contribution in [-0.4, -0.2) is 4.98 Å². The summed E-state index contributed by atoms with van der Waals surface area (Å²) in [6.07, 6.45) is 1.82. The molecule has 0 atom stereocenters. The lowest BCUT2D eigenvalue weighted by atomic mass is 10.1. The number of nitrogens with two attached hydrogens (primary N) is 1. The number of aromatic nitrogens is 1. The average molecular weight is 226 g/mol. The van der Waals surface area contributed by atoms with Crippen molar-refractivity contribution in [3.8, 4) is 10.4 Å². The van der Waals surface area contributed by atoms with Crippen molar-refractivity contribution in [2.24, 2.45) is 0 Å². The molecular weight excluding hydrogens is 216 g/mol. The van der Waals surface area contributed by atoms with Gasteiger partial charge >= 0.3 is 0 Å². The first-order valence-corrected chi connectivity index (χ1v) is 5.91. The average Bonchev–Trinajstić information content (AvgIpc) is 2.82. The van der Waals surface area contributed by atoms with Crippen molar-refractivity contribution in [3.63, 3.8) is 0 Å². The van der Waals surface area contributed by atoms with Gasteiger partial charge in [0.15, 0.2) is 0 Å². The second-order valence-electron chi connectivity index (χ2n) is 3.58. The minimum atomic E-state index is 0.598. The van der Waals surface area contributed by atoms with Gasteiger partial charge in [0.25, 0.3) is 0 Å². The molecule has 0 bridgehead atoms. The number of hydrogen-bond acceptors (Lipinski definition) is 3. The van der Waals surface area contributed by atoms with Crippen LogP contribution in [0.5, 0.6) is 0 Å². The molecule has 3 rings (SSSR count). The molecule has 0 aliphatic rings. The van der Waals surface area contributed by atoms with E-state index in [-0.39, 0.29) is 0 Å². The first kappa shape index (κ1) is 9.36. The van der Waals surface area contributed by atoms with Gasteiger partial charge in [-0.15, -0.1) is 11.3 Å². The summed E-state index contributed by atoms with van der Waals surface area (Å²) in [6.45, 7) is 0. The minimum Gasteiger partial charge on any atom is -0.383 e. The summed E-state index contributed by atoms with van der Waals surface area (Å²) in [5, 5.41) is 4.34. The van der Waals surface area contributed by atoms with E-state index in [1.165, 1.54) is 4.88 Å². The fourth-order valence-electron chi connectivity index (χ4n) is 1.86. The summed E-state index contributed by atoms with van der Waals surface area (Å²) in [7, 11) is 0. The van der Waals surface area contributed by atoms with Gasteiger partial charge in [0.1, 0.15) is 5.82 Å². The summed E-state index contributed by atoms with van der Waals surface area (Å²) < 4.78 is 0. The quantitative estimate of drug-likeness (QED) is 0.689. The van der Waals surface area contributed by atoms with Gasteiger partial charge in [-0.05, 0) is 16.8 Å². The molecule has 0 radical (unpaired) electrons. The van der Waals surface area contributed by atoms with E-state index in [1.54, 1.807) is 11.3 Å². The van der Waals surface area contributed by atoms with E-state index in [1.807, 2.05) is 24.4 Å². The van der Waals surface area contributed by atoms with Crippen molar-refractivity contribution in [3.05, 3.63) is 48.0 Å². The predicted octanol–water partition coefficient (Wildman–Crippen LogP) is 3.55. The molecule has 0 saturated carbocycles. The standard InChI is InChI=1S/C13H10N2S/c14-13-12(11-6-3-7-16-11)10-5-2-1-4-9(10)8-15-13/h1-8H,(H2,14,15). The summed E-state index contributed by atoms with van der Waals surface area (Å²) in [4.78, 5) is 5.42. The number of thiophene rings is 1. The largest absolute Gasteiger partial charge is 0.383 e. The van der Waals surface area contributed by atoms with Crippen LogP contribution < -0.4 is 5.73 Å². The Bertz CT molecular complexity index is 629. The third kappa shape index (κ3) is 1.37. The van der Waals surface area contributed by atoms with Crippen LogP contribution in [0.15, 0.2) is 48.0 Å². The Morgan fingerprint density at radius 3 is 2.75 bits per heavy atom. The van der Waals surface area contributed by atoms with Crippen molar-refractivity contribution >= 4 is 27.9 Å². The third-order valence-electron chi connectivity index (χ3n) is 2.60. The van der Waals surface area contributed by atoms with Gasteiger partial charge in [0, 0.05) is 22.0 Å². The number of hydrogen-bond donors (Lipinski definition) is 1. The van der Waals surface area contributed by atoms with E-state index in [9.17, 15) is 0 Å². The maximum Gasteiger partial charge on any atom is 0.132 e. The number of nitrogen functional groups attached to an aromatic ring is 1. The zero-order valence-corrected chi connectivity index (χ0v) is 9.37. The first-order chi connectivity index (χ1) is 7.86. The van der Waals surface area contributed by atoms with Crippen LogP contribution in [0, 0.1) is 0 Å². The van der Waals surface area contributed by atoms with Crippen molar-refractivity contribution in [2.45, 2.75) is 0 Å². The molecule has 3 aromatic rings. The Kier molecular flexibility index (Phi) is 2.11. The van der Waals surface area contributed by atoms with E-state index in [4.69, 9.17) is 5.73 Å². The Labute approximate surface area is 97.4 Å². The van der Waals surface area contributed by atoms with Crippen molar-refractivity contribution in [1.82, 2.24) is 4.98 Å². The molecule has 2 aromatic heterocycles. The van der Waals surface area contributed by atoms with Crippen LogP contribution in [0.4, 0.5) is 5.82 Å². The van der Waals surface area contributed by atoms with Gasteiger partial charge in [-0.1, -0.05) is 30.3 Å². The molecule has 0 saturated heterocycles. The monoisotopic (exact) mass is 226 g/mol. The molecule has 3 heteroatoms. The third-order valence-corrected chi connectivity index (χ3v) is 3.48. The van der Waals surface area contributed by atoms with E-state index in [0.717, 1.165) is 16.3 Å². The van der Waals surface area contributed by atoms with Gasteiger partial charge in [-0.2, -0.15) is 0 Å². The van der Waals surface area contributed by atoms with Crippen molar-refractivity contribution in [2.75, 3.05) is 5.73 Å². The predicted molar refractivity (Wildman–Crippen MR) is 69.5 cm³/mol. The Hall–Kier alpha value is -1.87. The molecule has 1 aromatic carbocycles. The molecule has 0 unspecified atom stereocenters. The van der Waals surface area contributed by atoms with Crippen LogP contribution in [0.3, 0.4) is 0 Å². The number of anilines is 1. The van der Waals surface area contributed by atoms with E-state index < -0.39 is 0 Å². The smallest absolute Gasteiger partial charge is 0.132 e. The molecule has 0 fully saturated rings. The number of rotatable bonds is 1. The Morgan fingerprint density at radius 1 is 1.06 bits per heavy atom. The van der Waals surface area contributed by atoms with Crippen LogP contribution in [0.1, 0.15) is 0 Å². The maximum absolute atomic E-state index is 5.97. The molecule has 0 amide bonds. The zero-order chi connectivity index (χ0) is 11.0. The number of nitrogens with zero attached hydrogens (tertiary/aromatic N) is 1. The van der Waals surface area contributed by atoms with Crippen LogP contribution in [0.25, 0.3) is 21.2 Å². The minimum absolute atomic E-state index is 0.598. The first-order valence-electron chi connectivity index (χ1n) is 5.03. The normalized spacial score (nSPS) is 10.8. The molecular formula is C13H10N2S. The summed E-state index contributed by atoms with van der Waals surface area (Å²) in [5.74, 6) is 0.598. The zero-order valence-electron chi connectivity index (χ0n) is 8.55. The SMILES string of the molecule is Nc1ncc2ccccc2c1-c1cccs1. The van der Waals surface area contributed by atoms with Crippen LogP contribution in [0.2, 0.25) is 0 Å². The van der Waals surface area contributed by atoms with Gasteiger partial charge in [-0.25, -0.2) is 4.98 Å². The Morgan fingerprint density at radius 2 is 1.94 bits per heavy atom. The highest BCUT2D eigenvalue weighted by Gasteiger charge is 2.09. The highest BCUT2D eigenvalue weighted by Crippen LogP contribution is 2.34. The molecule has 78 valence electrons. The number of fused-ring (bicyclic) bond motifs is 1. The van der Waals surface area contributed by atoms with Gasteiger partial charge < -0.3 is 5.73 Å². The molecule has 0 aliphatic heterocycles. The number of benzene rings is 1. The molecule has 2 heterocycles. The summed E-state index contributed by atoms with van der Waals surface area (Å²) >= 11 is 1.69. The van der Waals surface area contributed by atoms with Gasteiger partial charge in [-0.3, -0.25) is 0 Å². The fourth-order valence-corrected chi connectivity index (χ4v) is 2.65. The van der Waals surface area contributed by atoms with Crippen LogP contribution >= 0.6 is 11.3 Å². The van der Waals surface area contributed by atoms with Crippen LogP contribution in [-0.2, 0) is 0 Å². The topological polar surface area (TPSA) is 38.9 Å². The number of pyridine rings is 1. The second kappa shape index (κ2) is 3.61. The fraction of sp³-hybridized carbons (Fsp3) is 0. The van der Waals surface area contributed by atoms with Gasteiger partial charge in [0.2, 0.25) is 0 Å². The molecule has 2 N–H and O–H groups in total. The lowest BCUT2D eigenvalue weighted by Crippen LogP contribution is -1.93. The van der Waals surface area contributed by atoms with E-state index in [0.29, 0.717) is 5.82 Å². The highest BCUT2D eigenvalue weighted by molar-refractivity contribution is 7.13. The summed E-state index contributed by atoms with van der Waals surface area (Å²) in [6, 6.07) is 12.3. The highest BCUT2D eigenvalue weighted by atomic mass is 32.1. The lowest BCUT2D eigenvalue weighted by molar-refractivity contribution is 1.37. The molecule has 0 spiro atoms. The molecule has 0 aliphatic carbocycles.